The number of piperidine rings is 1. The van der Waals surface area contributed by atoms with Crippen molar-refractivity contribution in [2.45, 2.75) is 57.3 Å². The van der Waals surface area contributed by atoms with Crippen LogP contribution in [0.15, 0.2) is 54.6 Å². The lowest BCUT2D eigenvalue weighted by molar-refractivity contribution is -0.0391. The zero-order valence-electron chi connectivity index (χ0n) is 18.4. The number of nitrogens with zero attached hydrogens (tertiary/aromatic N) is 2. The van der Waals surface area contributed by atoms with Gasteiger partial charge in [-0.2, -0.15) is 5.26 Å². The van der Waals surface area contributed by atoms with Gasteiger partial charge in [0, 0.05) is 18.7 Å². The molecular weight excluding hydrogens is 392 g/mol. The van der Waals surface area contributed by atoms with E-state index in [1.54, 1.807) is 4.90 Å². The molecule has 31 heavy (non-hydrogen) atoms. The number of hydrogen-bond acceptors (Lipinski definition) is 5. The number of para-hydroxylation sites is 1. The zero-order valence-corrected chi connectivity index (χ0v) is 18.4. The van der Waals surface area contributed by atoms with Gasteiger partial charge in [0.15, 0.2) is 0 Å². The normalized spacial score (nSPS) is 16.8. The van der Waals surface area contributed by atoms with Crippen LogP contribution in [-0.2, 0) is 11.3 Å². The molecule has 6 nitrogen and oxygen atoms in total. The maximum atomic E-state index is 12.3. The molecule has 0 saturated carbocycles. The van der Waals surface area contributed by atoms with Crippen LogP contribution < -0.4 is 4.74 Å². The highest BCUT2D eigenvalue weighted by atomic mass is 16.6. The number of benzene rings is 2. The Morgan fingerprint density at radius 2 is 1.74 bits per heavy atom. The molecule has 0 radical (unpaired) electrons. The van der Waals surface area contributed by atoms with Gasteiger partial charge in [-0.1, -0.05) is 48.5 Å². The van der Waals surface area contributed by atoms with Gasteiger partial charge in [-0.15, -0.1) is 0 Å². The number of hydrogen-bond donors (Lipinski definition) is 1. The monoisotopic (exact) mass is 422 g/mol. The summed E-state index contributed by atoms with van der Waals surface area (Å²) < 4.78 is 11.4. The van der Waals surface area contributed by atoms with Gasteiger partial charge >= 0.3 is 6.09 Å². The lowest BCUT2D eigenvalue weighted by atomic mass is 9.76. The quantitative estimate of drug-likeness (QED) is 0.759. The average molecular weight is 423 g/mol. The Morgan fingerprint density at radius 1 is 1.13 bits per heavy atom. The van der Waals surface area contributed by atoms with Gasteiger partial charge in [0.2, 0.25) is 0 Å². The predicted octanol–water partition coefficient (Wildman–Crippen LogP) is 4.63. The van der Waals surface area contributed by atoms with Crippen LogP contribution in [0.4, 0.5) is 4.79 Å². The van der Waals surface area contributed by atoms with Crippen LogP contribution in [0.2, 0.25) is 0 Å². The van der Waals surface area contributed by atoms with E-state index in [-0.39, 0.29) is 12.8 Å². The van der Waals surface area contributed by atoms with Crippen LogP contribution in [0.25, 0.3) is 0 Å². The van der Waals surface area contributed by atoms with E-state index < -0.39 is 23.2 Å². The number of rotatable bonds is 5. The molecule has 0 bridgehead atoms. The summed E-state index contributed by atoms with van der Waals surface area (Å²) in [5.41, 5.74) is -0.140. The Kier molecular flexibility index (Phi) is 6.87. The third-order valence-electron chi connectivity index (χ3n) is 5.41. The third kappa shape index (κ3) is 5.77. The first-order chi connectivity index (χ1) is 14.7. The summed E-state index contributed by atoms with van der Waals surface area (Å²) in [5.74, 6) is -0.179. The number of amides is 1. The van der Waals surface area contributed by atoms with Crippen molar-refractivity contribution in [3.63, 3.8) is 0 Å². The molecule has 2 aromatic carbocycles. The fourth-order valence-electron chi connectivity index (χ4n) is 3.76. The topological polar surface area (TPSA) is 82.8 Å². The Labute approximate surface area is 184 Å². The molecular formula is C25H30N2O4. The van der Waals surface area contributed by atoms with E-state index in [2.05, 4.69) is 6.07 Å². The summed E-state index contributed by atoms with van der Waals surface area (Å²) in [7, 11) is 0. The van der Waals surface area contributed by atoms with Gasteiger partial charge in [0.05, 0.1) is 11.7 Å². The number of carbonyl (C=O) groups is 1. The molecule has 1 unspecified atom stereocenters. The van der Waals surface area contributed by atoms with Crippen molar-refractivity contribution in [3.8, 4) is 11.8 Å². The molecule has 164 valence electrons. The third-order valence-corrected chi connectivity index (χ3v) is 5.41. The van der Waals surface area contributed by atoms with Crippen molar-refractivity contribution in [1.29, 1.82) is 5.26 Å². The molecule has 1 aliphatic rings. The second-order valence-electron chi connectivity index (χ2n) is 8.95. The molecule has 0 aromatic heterocycles. The number of ether oxygens (including phenoxy) is 2. The molecule has 2 aromatic rings. The SMILES string of the molecule is CC(C)(C)OC(=O)N1CCC(O)(C(C#N)c2ccccc2OCc2ccccc2)CC1. The van der Waals surface area contributed by atoms with E-state index in [9.17, 15) is 15.2 Å². The predicted molar refractivity (Wildman–Crippen MR) is 118 cm³/mol. The highest BCUT2D eigenvalue weighted by molar-refractivity contribution is 5.68. The smallest absolute Gasteiger partial charge is 0.410 e. The van der Waals surface area contributed by atoms with Crippen LogP contribution in [-0.4, -0.2) is 40.4 Å². The summed E-state index contributed by atoms with van der Waals surface area (Å²) in [5, 5.41) is 21.3. The fraction of sp³-hybridized carbons (Fsp3) is 0.440. The molecule has 1 atom stereocenters. The molecule has 0 aliphatic carbocycles. The Balaban J connectivity index is 1.72. The number of nitriles is 1. The second kappa shape index (κ2) is 9.40. The summed E-state index contributed by atoms with van der Waals surface area (Å²) >= 11 is 0. The molecule has 0 spiro atoms. The van der Waals surface area contributed by atoms with Gasteiger partial charge in [0.25, 0.3) is 0 Å². The van der Waals surface area contributed by atoms with Crippen molar-refractivity contribution in [2.75, 3.05) is 13.1 Å². The zero-order chi connectivity index (χ0) is 22.5. The van der Waals surface area contributed by atoms with Gasteiger partial charge in [-0.25, -0.2) is 4.79 Å². The van der Waals surface area contributed by atoms with Crippen molar-refractivity contribution in [2.24, 2.45) is 0 Å². The van der Waals surface area contributed by atoms with Crippen LogP contribution >= 0.6 is 0 Å². The van der Waals surface area contributed by atoms with Crippen LogP contribution in [0.5, 0.6) is 5.75 Å². The van der Waals surface area contributed by atoms with Crippen LogP contribution in [0.1, 0.15) is 50.7 Å². The van der Waals surface area contributed by atoms with Gasteiger partial charge < -0.3 is 19.5 Å². The van der Waals surface area contributed by atoms with E-state index in [1.165, 1.54) is 0 Å². The Hall–Kier alpha value is -3.04. The molecule has 3 rings (SSSR count). The van der Waals surface area contributed by atoms with Gasteiger partial charge in [-0.05, 0) is 45.2 Å². The Morgan fingerprint density at radius 3 is 2.35 bits per heavy atom. The first kappa shape index (κ1) is 22.6. The minimum absolute atomic E-state index is 0.289. The molecule has 6 heteroatoms. The van der Waals surface area contributed by atoms with E-state index in [1.807, 2.05) is 75.4 Å². The van der Waals surface area contributed by atoms with E-state index in [4.69, 9.17) is 9.47 Å². The highest BCUT2D eigenvalue weighted by Crippen LogP contribution is 2.40. The lowest BCUT2D eigenvalue weighted by Gasteiger charge is -2.41. The largest absolute Gasteiger partial charge is 0.489 e. The molecule has 1 heterocycles. The highest BCUT2D eigenvalue weighted by Gasteiger charge is 2.43. The summed E-state index contributed by atoms with van der Waals surface area (Å²) in [4.78, 5) is 13.9. The summed E-state index contributed by atoms with van der Waals surface area (Å²) in [6.45, 7) is 6.50. The molecule has 1 amide bonds. The summed E-state index contributed by atoms with van der Waals surface area (Å²) in [6.07, 6.45) is 0.185. The van der Waals surface area contributed by atoms with Gasteiger partial charge in [-0.3, -0.25) is 0 Å². The average Bonchev–Trinajstić information content (AvgIpc) is 2.73. The van der Waals surface area contributed by atoms with Crippen molar-refractivity contribution < 1.29 is 19.4 Å². The van der Waals surface area contributed by atoms with Crippen molar-refractivity contribution in [1.82, 2.24) is 4.90 Å². The molecule has 1 fully saturated rings. The van der Waals surface area contributed by atoms with E-state index in [0.717, 1.165) is 5.56 Å². The minimum Gasteiger partial charge on any atom is -0.489 e. The first-order valence-electron chi connectivity index (χ1n) is 10.6. The molecule has 1 aliphatic heterocycles. The Bertz CT molecular complexity index is 923. The first-order valence-corrected chi connectivity index (χ1v) is 10.6. The maximum Gasteiger partial charge on any atom is 0.410 e. The second-order valence-corrected chi connectivity index (χ2v) is 8.95. The van der Waals surface area contributed by atoms with Crippen LogP contribution in [0.3, 0.4) is 0 Å². The number of aliphatic hydroxyl groups is 1. The minimum atomic E-state index is -1.25. The standard InChI is InChI=1S/C25H30N2O4/c1-24(2,3)31-23(28)27-15-13-25(29,14-16-27)21(17-26)20-11-7-8-12-22(20)30-18-19-9-5-4-6-10-19/h4-12,21,29H,13-16,18H2,1-3H3. The van der Waals surface area contributed by atoms with Crippen molar-refractivity contribution >= 4 is 6.09 Å². The number of carbonyl (C=O) groups excluding carboxylic acids is 1. The molecule has 1 saturated heterocycles. The fourth-order valence-corrected chi connectivity index (χ4v) is 3.76. The van der Waals surface area contributed by atoms with Crippen molar-refractivity contribution in [3.05, 3.63) is 65.7 Å². The van der Waals surface area contributed by atoms with Crippen LogP contribution in [0, 0.1) is 11.3 Å². The number of likely N-dealkylation sites (tertiary alicyclic amines) is 1. The lowest BCUT2D eigenvalue weighted by Crippen LogP contribution is -2.50. The molecule has 1 N–H and O–H groups in total. The van der Waals surface area contributed by atoms with E-state index in [0.29, 0.717) is 31.0 Å². The summed E-state index contributed by atoms with van der Waals surface area (Å²) in [6, 6.07) is 19.4. The van der Waals surface area contributed by atoms with Gasteiger partial charge in [0.1, 0.15) is 23.9 Å². The maximum absolute atomic E-state index is 12.3. The van der Waals surface area contributed by atoms with E-state index >= 15 is 0 Å².